The van der Waals surface area contributed by atoms with Crippen LogP contribution in [0.3, 0.4) is 0 Å². The van der Waals surface area contributed by atoms with Crippen LogP contribution in [0.15, 0.2) is 12.2 Å². The van der Waals surface area contributed by atoms with Crippen molar-refractivity contribution in [1.29, 1.82) is 0 Å². The predicted molar refractivity (Wildman–Crippen MR) is 157 cm³/mol. The number of hydrogen-bond donors (Lipinski definition) is 1. The molecule has 0 aliphatic carbocycles. The van der Waals surface area contributed by atoms with Crippen molar-refractivity contribution in [3.05, 3.63) is 12.2 Å². The van der Waals surface area contributed by atoms with E-state index in [0.29, 0.717) is 0 Å². The van der Waals surface area contributed by atoms with Crippen LogP contribution >= 0.6 is 0 Å². The SMILES string of the molecule is CCCCCCCCCCCCCCC/C=C/C(CCCCCCCCCCCC)COS(=O)(=O)O. The van der Waals surface area contributed by atoms with E-state index in [2.05, 4.69) is 30.2 Å². The summed E-state index contributed by atoms with van der Waals surface area (Å²) in [4.78, 5) is 0. The smallest absolute Gasteiger partial charge is 0.264 e. The van der Waals surface area contributed by atoms with Gasteiger partial charge in [-0.1, -0.05) is 167 Å². The Morgan fingerprint density at radius 3 is 1.33 bits per heavy atom. The largest absolute Gasteiger partial charge is 0.397 e. The first-order valence-electron chi connectivity index (χ1n) is 15.8. The average molecular weight is 531 g/mol. The molecule has 216 valence electrons. The first kappa shape index (κ1) is 35.6. The Morgan fingerprint density at radius 1 is 0.583 bits per heavy atom. The van der Waals surface area contributed by atoms with Crippen LogP contribution in [0.5, 0.6) is 0 Å². The lowest BCUT2D eigenvalue weighted by molar-refractivity contribution is 0.234. The van der Waals surface area contributed by atoms with Gasteiger partial charge in [-0.15, -0.1) is 0 Å². The fourth-order valence-corrected chi connectivity index (χ4v) is 5.22. The molecule has 0 aromatic carbocycles. The zero-order valence-corrected chi connectivity index (χ0v) is 25.0. The summed E-state index contributed by atoms with van der Waals surface area (Å²) in [5.74, 6) is 0.0583. The van der Waals surface area contributed by atoms with Gasteiger partial charge >= 0.3 is 10.4 Å². The van der Waals surface area contributed by atoms with E-state index in [1.54, 1.807) is 0 Å². The highest BCUT2D eigenvalue weighted by Gasteiger charge is 2.11. The van der Waals surface area contributed by atoms with E-state index in [1.165, 1.54) is 141 Å². The van der Waals surface area contributed by atoms with Crippen LogP contribution in [0.1, 0.15) is 174 Å². The Hall–Kier alpha value is -0.390. The minimum Gasteiger partial charge on any atom is -0.264 e. The van der Waals surface area contributed by atoms with E-state index in [4.69, 9.17) is 4.55 Å². The maximum atomic E-state index is 11.0. The molecule has 0 saturated carbocycles. The molecule has 5 heteroatoms. The van der Waals surface area contributed by atoms with Gasteiger partial charge in [0.15, 0.2) is 0 Å². The minimum atomic E-state index is -4.37. The van der Waals surface area contributed by atoms with Gasteiger partial charge in [0, 0.05) is 5.92 Å². The first-order valence-corrected chi connectivity index (χ1v) is 17.1. The molecule has 1 unspecified atom stereocenters. The van der Waals surface area contributed by atoms with E-state index in [1.807, 2.05) is 0 Å². The Labute approximate surface area is 226 Å². The summed E-state index contributed by atoms with van der Waals surface area (Å²) in [6, 6.07) is 0. The highest BCUT2D eigenvalue weighted by atomic mass is 32.3. The molecule has 0 aliphatic rings. The van der Waals surface area contributed by atoms with Crippen LogP contribution in [-0.4, -0.2) is 19.6 Å². The lowest BCUT2D eigenvalue weighted by Gasteiger charge is -2.12. The van der Waals surface area contributed by atoms with Crippen LogP contribution < -0.4 is 0 Å². The van der Waals surface area contributed by atoms with Crippen LogP contribution in [0.25, 0.3) is 0 Å². The van der Waals surface area contributed by atoms with E-state index in [0.717, 1.165) is 19.3 Å². The Kier molecular flexibility index (Phi) is 27.3. The fourth-order valence-electron chi connectivity index (χ4n) is 4.87. The maximum absolute atomic E-state index is 11.0. The average Bonchev–Trinajstić information content (AvgIpc) is 2.84. The summed E-state index contributed by atoms with van der Waals surface area (Å²) in [5, 5.41) is 0. The van der Waals surface area contributed by atoms with Gasteiger partial charge in [-0.2, -0.15) is 8.42 Å². The minimum absolute atomic E-state index is 0.0470. The maximum Gasteiger partial charge on any atom is 0.397 e. The third-order valence-corrected chi connectivity index (χ3v) is 7.68. The topological polar surface area (TPSA) is 63.6 Å². The van der Waals surface area contributed by atoms with Gasteiger partial charge in [-0.25, -0.2) is 4.18 Å². The van der Waals surface area contributed by atoms with Gasteiger partial charge in [0.2, 0.25) is 0 Å². The number of rotatable bonds is 29. The van der Waals surface area contributed by atoms with Crippen molar-refractivity contribution in [2.75, 3.05) is 6.61 Å². The summed E-state index contributed by atoms with van der Waals surface area (Å²) in [6.07, 6.45) is 36.9. The fraction of sp³-hybridized carbons (Fsp3) is 0.935. The van der Waals surface area contributed by atoms with Crippen molar-refractivity contribution in [3.63, 3.8) is 0 Å². The van der Waals surface area contributed by atoms with Gasteiger partial charge < -0.3 is 0 Å². The number of hydrogen-bond acceptors (Lipinski definition) is 3. The van der Waals surface area contributed by atoms with Gasteiger partial charge in [-0.05, 0) is 19.3 Å². The second-order valence-corrected chi connectivity index (χ2v) is 12.0. The summed E-state index contributed by atoms with van der Waals surface area (Å²) < 4.78 is 35.6. The van der Waals surface area contributed by atoms with Crippen LogP contribution in [-0.2, 0) is 14.6 Å². The summed E-state index contributed by atoms with van der Waals surface area (Å²) in [5.41, 5.74) is 0. The molecule has 0 aromatic rings. The van der Waals surface area contributed by atoms with Crippen molar-refractivity contribution in [2.24, 2.45) is 5.92 Å². The van der Waals surface area contributed by atoms with E-state index < -0.39 is 10.4 Å². The van der Waals surface area contributed by atoms with Crippen molar-refractivity contribution < 1.29 is 17.2 Å². The molecule has 36 heavy (non-hydrogen) atoms. The van der Waals surface area contributed by atoms with Crippen LogP contribution in [0.4, 0.5) is 0 Å². The number of allylic oxidation sites excluding steroid dienone is 1. The molecule has 4 nitrogen and oxygen atoms in total. The molecular weight excluding hydrogens is 468 g/mol. The second-order valence-electron chi connectivity index (χ2n) is 10.9. The zero-order chi connectivity index (χ0) is 26.6. The molecule has 0 aromatic heterocycles. The highest BCUT2D eigenvalue weighted by Crippen LogP contribution is 2.17. The van der Waals surface area contributed by atoms with Gasteiger partial charge in [0.05, 0.1) is 6.61 Å². The Bertz CT molecular complexity index is 559. The molecule has 0 saturated heterocycles. The third kappa shape index (κ3) is 29.8. The molecule has 0 heterocycles. The molecule has 0 radical (unpaired) electrons. The normalized spacial score (nSPS) is 13.1. The highest BCUT2D eigenvalue weighted by molar-refractivity contribution is 7.80. The van der Waals surface area contributed by atoms with Crippen molar-refractivity contribution in [2.45, 2.75) is 174 Å². The molecule has 0 amide bonds. The Morgan fingerprint density at radius 2 is 0.944 bits per heavy atom. The van der Waals surface area contributed by atoms with E-state index >= 15 is 0 Å². The third-order valence-electron chi connectivity index (χ3n) is 7.24. The second kappa shape index (κ2) is 27.6. The quantitative estimate of drug-likeness (QED) is 0.0593. The monoisotopic (exact) mass is 530 g/mol. The molecular formula is C31H62O4S. The molecule has 0 bridgehead atoms. The van der Waals surface area contributed by atoms with Crippen molar-refractivity contribution in [1.82, 2.24) is 0 Å². The van der Waals surface area contributed by atoms with E-state index in [-0.39, 0.29) is 12.5 Å². The zero-order valence-electron chi connectivity index (χ0n) is 24.2. The lowest BCUT2D eigenvalue weighted by atomic mass is 9.99. The van der Waals surface area contributed by atoms with Crippen molar-refractivity contribution >= 4 is 10.4 Å². The summed E-state index contributed by atoms with van der Waals surface area (Å²) in [6.45, 7) is 4.57. The molecule has 0 fully saturated rings. The summed E-state index contributed by atoms with van der Waals surface area (Å²) >= 11 is 0. The lowest BCUT2D eigenvalue weighted by Crippen LogP contribution is -2.12. The molecule has 1 N–H and O–H groups in total. The summed E-state index contributed by atoms with van der Waals surface area (Å²) in [7, 11) is -4.37. The number of unbranched alkanes of at least 4 members (excludes halogenated alkanes) is 22. The van der Waals surface area contributed by atoms with Crippen LogP contribution in [0.2, 0.25) is 0 Å². The molecule has 0 aliphatic heterocycles. The van der Waals surface area contributed by atoms with Gasteiger partial charge in [-0.3, -0.25) is 4.55 Å². The Balaban J connectivity index is 3.80. The molecule has 1 atom stereocenters. The predicted octanol–water partition coefficient (Wildman–Crippen LogP) is 10.8. The van der Waals surface area contributed by atoms with Crippen molar-refractivity contribution in [3.8, 4) is 0 Å². The van der Waals surface area contributed by atoms with E-state index in [9.17, 15) is 8.42 Å². The standard InChI is InChI=1S/C31H62O4S/c1-3-5-7-9-11-13-15-16-17-18-19-21-23-25-27-29-31(30-35-36(32,33)34)28-26-24-22-20-14-12-10-8-6-4-2/h27,29,31H,3-26,28,30H2,1-2H3,(H,32,33,34)/b29-27+. The van der Waals surface area contributed by atoms with Crippen LogP contribution in [0, 0.1) is 5.92 Å². The van der Waals surface area contributed by atoms with Gasteiger partial charge in [0.1, 0.15) is 0 Å². The van der Waals surface area contributed by atoms with Gasteiger partial charge in [0.25, 0.3) is 0 Å². The molecule has 0 rings (SSSR count). The molecule has 0 spiro atoms. The first-order chi connectivity index (χ1) is 17.5.